The number of aryl methyl sites for hydroxylation is 1. The number of hydrogen-bond donors (Lipinski definition) is 2. The lowest BCUT2D eigenvalue weighted by molar-refractivity contribution is 0.206. The van der Waals surface area contributed by atoms with E-state index in [2.05, 4.69) is 9.97 Å². The van der Waals surface area contributed by atoms with Crippen molar-refractivity contribution >= 4 is 0 Å². The van der Waals surface area contributed by atoms with Gasteiger partial charge in [0.2, 0.25) is 0 Å². The minimum atomic E-state index is -0.791. The predicted octanol–water partition coefficient (Wildman–Crippen LogP) is -0.0488. The molecule has 0 aliphatic heterocycles. The molecule has 4 heteroatoms. The molecule has 4 nitrogen and oxygen atoms in total. The molecule has 1 aromatic rings. The van der Waals surface area contributed by atoms with E-state index in [-0.39, 0.29) is 6.61 Å². The molecular weight excluding hydrogens is 154 g/mol. The number of hydrogen-bond acceptors (Lipinski definition) is 4. The molecule has 0 aromatic carbocycles. The number of aromatic nitrogens is 2. The average Bonchev–Trinajstić information content (AvgIpc) is 2.05. The molecule has 1 heterocycles. The first-order valence-corrected chi connectivity index (χ1v) is 3.75. The third kappa shape index (κ3) is 1.78. The van der Waals surface area contributed by atoms with Crippen molar-refractivity contribution in [3.63, 3.8) is 0 Å². The number of rotatable bonds is 2. The van der Waals surface area contributed by atoms with Gasteiger partial charge in [0, 0.05) is 6.20 Å². The lowest BCUT2D eigenvalue weighted by Crippen LogP contribution is -2.38. The van der Waals surface area contributed by atoms with E-state index in [0.29, 0.717) is 5.69 Å². The molecule has 3 N–H and O–H groups in total. The lowest BCUT2D eigenvalue weighted by atomic mass is 10.0. The Labute approximate surface area is 71.5 Å². The highest BCUT2D eigenvalue weighted by molar-refractivity contribution is 5.10. The molecule has 0 amide bonds. The molecule has 1 atom stereocenters. The van der Waals surface area contributed by atoms with Crippen molar-refractivity contribution in [3.05, 3.63) is 23.8 Å². The van der Waals surface area contributed by atoms with Gasteiger partial charge in [0.1, 0.15) is 0 Å². The van der Waals surface area contributed by atoms with Crippen LogP contribution >= 0.6 is 0 Å². The summed E-state index contributed by atoms with van der Waals surface area (Å²) in [4.78, 5) is 8.11. The van der Waals surface area contributed by atoms with E-state index < -0.39 is 5.54 Å². The molecule has 0 saturated heterocycles. The second-order valence-electron chi connectivity index (χ2n) is 3.12. The SMILES string of the molecule is Cc1cnc(C(C)(N)CO)cn1. The maximum Gasteiger partial charge on any atom is 0.0806 e. The fraction of sp³-hybridized carbons (Fsp3) is 0.500. The first-order chi connectivity index (χ1) is 5.56. The third-order valence-electron chi connectivity index (χ3n) is 1.69. The fourth-order valence-electron chi connectivity index (χ4n) is 0.769. The van der Waals surface area contributed by atoms with E-state index in [4.69, 9.17) is 10.8 Å². The van der Waals surface area contributed by atoms with Crippen molar-refractivity contribution in [3.8, 4) is 0 Å². The van der Waals surface area contributed by atoms with Gasteiger partial charge in [0.05, 0.1) is 29.7 Å². The molecule has 1 aromatic heterocycles. The maximum absolute atomic E-state index is 8.92. The Hall–Kier alpha value is -1.00. The molecule has 1 unspecified atom stereocenters. The van der Waals surface area contributed by atoms with Crippen LogP contribution in [0.4, 0.5) is 0 Å². The number of aliphatic hydroxyl groups is 1. The summed E-state index contributed by atoms with van der Waals surface area (Å²) in [6.45, 7) is 3.43. The Morgan fingerprint density at radius 3 is 2.58 bits per heavy atom. The Kier molecular flexibility index (Phi) is 2.40. The Morgan fingerprint density at radius 2 is 2.17 bits per heavy atom. The van der Waals surface area contributed by atoms with Gasteiger partial charge in [-0.2, -0.15) is 0 Å². The molecule has 0 fully saturated rings. The first-order valence-electron chi connectivity index (χ1n) is 3.75. The van der Waals surface area contributed by atoms with Gasteiger partial charge in [0.25, 0.3) is 0 Å². The largest absolute Gasteiger partial charge is 0.394 e. The van der Waals surface area contributed by atoms with Crippen LogP contribution in [0, 0.1) is 6.92 Å². The zero-order valence-electron chi connectivity index (χ0n) is 7.28. The highest BCUT2D eigenvalue weighted by Gasteiger charge is 2.21. The van der Waals surface area contributed by atoms with Crippen LogP contribution in [0.15, 0.2) is 12.4 Å². The van der Waals surface area contributed by atoms with Crippen molar-refractivity contribution in [2.24, 2.45) is 5.73 Å². The van der Waals surface area contributed by atoms with Gasteiger partial charge in [-0.05, 0) is 13.8 Å². The van der Waals surface area contributed by atoms with Gasteiger partial charge in [-0.1, -0.05) is 0 Å². The van der Waals surface area contributed by atoms with Crippen molar-refractivity contribution in [1.29, 1.82) is 0 Å². The summed E-state index contributed by atoms with van der Waals surface area (Å²) >= 11 is 0. The van der Waals surface area contributed by atoms with E-state index in [9.17, 15) is 0 Å². The Balaban J connectivity index is 2.96. The van der Waals surface area contributed by atoms with Gasteiger partial charge in [0.15, 0.2) is 0 Å². The van der Waals surface area contributed by atoms with Crippen molar-refractivity contribution < 1.29 is 5.11 Å². The smallest absolute Gasteiger partial charge is 0.0806 e. The average molecular weight is 167 g/mol. The summed E-state index contributed by atoms with van der Waals surface area (Å²) in [5.41, 5.74) is 6.39. The van der Waals surface area contributed by atoms with Crippen molar-refractivity contribution in [2.45, 2.75) is 19.4 Å². The maximum atomic E-state index is 8.92. The predicted molar refractivity (Wildman–Crippen MR) is 45.4 cm³/mol. The van der Waals surface area contributed by atoms with Crippen LogP contribution in [0.3, 0.4) is 0 Å². The molecule has 0 aliphatic rings. The van der Waals surface area contributed by atoms with Crippen LogP contribution in [-0.4, -0.2) is 21.7 Å². The minimum Gasteiger partial charge on any atom is -0.394 e. The molecule has 0 saturated carbocycles. The topological polar surface area (TPSA) is 72.0 Å². The minimum absolute atomic E-state index is 0.134. The first kappa shape index (κ1) is 9.09. The van der Waals surface area contributed by atoms with E-state index >= 15 is 0 Å². The standard InChI is InChI=1S/C8H13N3O/c1-6-3-11-7(4-10-6)8(2,9)5-12/h3-4,12H,5,9H2,1-2H3. The molecule has 66 valence electrons. The van der Waals surface area contributed by atoms with Crippen molar-refractivity contribution in [2.75, 3.05) is 6.61 Å². The quantitative estimate of drug-likeness (QED) is 0.648. The molecule has 1 rings (SSSR count). The van der Waals surface area contributed by atoms with Crippen LogP contribution in [0.2, 0.25) is 0 Å². The second kappa shape index (κ2) is 3.16. The lowest BCUT2D eigenvalue weighted by Gasteiger charge is -2.20. The number of nitrogens with two attached hydrogens (primary N) is 1. The molecule has 0 aliphatic carbocycles. The summed E-state index contributed by atoms with van der Waals surface area (Å²) in [5, 5.41) is 8.92. The van der Waals surface area contributed by atoms with Gasteiger partial charge < -0.3 is 10.8 Å². The van der Waals surface area contributed by atoms with Gasteiger partial charge in [-0.3, -0.25) is 9.97 Å². The molecular formula is C8H13N3O. The fourth-order valence-corrected chi connectivity index (χ4v) is 0.769. The normalized spacial score (nSPS) is 15.7. The van der Waals surface area contributed by atoms with Gasteiger partial charge in [-0.15, -0.1) is 0 Å². The van der Waals surface area contributed by atoms with Crippen LogP contribution in [0.25, 0.3) is 0 Å². The third-order valence-corrected chi connectivity index (χ3v) is 1.69. The van der Waals surface area contributed by atoms with Crippen LogP contribution < -0.4 is 5.73 Å². The molecule has 0 bridgehead atoms. The van der Waals surface area contributed by atoms with E-state index in [1.165, 1.54) is 0 Å². The molecule has 0 spiro atoms. The zero-order valence-corrected chi connectivity index (χ0v) is 7.28. The van der Waals surface area contributed by atoms with Gasteiger partial charge in [-0.25, -0.2) is 0 Å². The summed E-state index contributed by atoms with van der Waals surface area (Å²) in [5.74, 6) is 0. The summed E-state index contributed by atoms with van der Waals surface area (Å²) < 4.78 is 0. The number of nitrogens with zero attached hydrogens (tertiary/aromatic N) is 2. The van der Waals surface area contributed by atoms with E-state index in [1.807, 2.05) is 6.92 Å². The summed E-state index contributed by atoms with van der Waals surface area (Å²) in [6, 6.07) is 0. The van der Waals surface area contributed by atoms with Crippen LogP contribution in [-0.2, 0) is 5.54 Å². The summed E-state index contributed by atoms with van der Waals surface area (Å²) in [7, 11) is 0. The highest BCUT2D eigenvalue weighted by Crippen LogP contribution is 2.12. The highest BCUT2D eigenvalue weighted by atomic mass is 16.3. The monoisotopic (exact) mass is 167 g/mol. The van der Waals surface area contributed by atoms with E-state index in [1.54, 1.807) is 19.3 Å². The van der Waals surface area contributed by atoms with Gasteiger partial charge >= 0.3 is 0 Å². The summed E-state index contributed by atoms with van der Waals surface area (Å²) in [6.07, 6.45) is 3.22. The Morgan fingerprint density at radius 1 is 1.50 bits per heavy atom. The zero-order chi connectivity index (χ0) is 9.19. The van der Waals surface area contributed by atoms with Crippen LogP contribution in [0.1, 0.15) is 18.3 Å². The molecule has 0 radical (unpaired) electrons. The van der Waals surface area contributed by atoms with Crippen molar-refractivity contribution in [1.82, 2.24) is 9.97 Å². The number of aliphatic hydroxyl groups excluding tert-OH is 1. The van der Waals surface area contributed by atoms with Crippen LogP contribution in [0.5, 0.6) is 0 Å². The molecule has 12 heavy (non-hydrogen) atoms. The second-order valence-corrected chi connectivity index (χ2v) is 3.12. The van der Waals surface area contributed by atoms with E-state index in [0.717, 1.165) is 5.69 Å². The Bertz CT molecular complexity index is 256.